The molecule has 8 nitrogen and oxygen atoms in total. The topological polar surface area (TPSA) is 108 Å². The normalized spacial score (nSPS) is 14.3. The first kappa shape index (κ1) is 63.7. The molecule has 3 unspecified atom stereocenters. The van der Waals surface area contributed by atoms with Crippen molar-refractivity contribution in [3.8, 4) is 0 Å². The molecule has 0 saturated carbocycles. The van der Waals surface area contributed by atoms with Gasteiger partial charge in [0.25, 0.3) is 7.82 Å². The number of aliphatic hydroxyl groups excluding tert-OH is 1. The van der Waals surface area contributed by atoms with Crippen molar-refractivity contribution in [2.45, 2.75) is 276 Å². The maximum Gasteiger partial charge on any atom is 0.268 e. The van der Waals surface area contributed by atoms with Crippen molar-refractivity contribution in [3.63, 3.8) is 0 Å². The Bertz CT molecular complexity index is 1150. The maximum atomic E-state index is 12.9. The smallest absolute Gasteiger partial charge is 0.268 e. The number of nitrogens with zero attached hydrogens (tertiary/aromatic N) is 1. The first-order valence-corrected chi connectivity index (χ1v) is 29.3. The number of likely N-dealkylation sites (N-methyl/N-ethyl adjacent to an activating group) is 1. The summed E-state index contributed by atoms with van der Waals surface area (Å²) in [6, 6.07) is -0.905. The number of quaternary nitrogens is 1. The van der Waals surface area contributed by atoms with Gasteiger partial charge >= 0.3 is 0 Å². The second-order valence-corrected chi connectivity index (χ2v) is 21.7. The van der Waals surface area contributed by atoms with Gasteiger partial charge in [0.2, 0.25) is 5.91 Å². The third-order valence-corrected chi connectivity index (χ3v) is 13.5. The lowest BCUT2D eigenvalue weighted by molar-refractivity contribution is -0.870. The summed E-state index contributed by atoms with van der Waals surface area (Å²) in [5.41, 5.74) is 0. The number of hydrogen-bond acceptors (Lipinski definition) is 6. The SMILES string of the molecule is CCCCCCCCCCCC/C=C\CCCCCCCCCC(=O)NC(COP(=O)([O-])OCC[N+](C)(C)C)C(O)/C=C/CC/C=C/CCCCCCCCCCCCCCCCCC. The van der Waals surface area contributed by atoms with Gasteiger partial charge in [0, 0.05) is 6.42 Å². The number of phosphoric ester groups is 1. The molecule has 0 saturated heterocycles. The molecule has 0 bridgehead atoms. The number of aliphatic hydroxyl groups is 1. The fourth-order valence-corrected chi connectivity index (χ4v) is 8.89. The fraction of sp³-hybridized carbons (Fsp3) is 0.875. The monoisotopic (exact) mass is 937 g/mol. The minimum Gasteiger partial charge on any atom is -0.756 e. The molecule has 0 aliphatic heterocycles. The number of hydrogen-bond donors (Lipinski definition) is 2. The molecule has 65 heavy (non-hydrogen) atoms. The zero-order valence-corrected chi connectivity index (χ0v) is 44.6. The van der Waals surface area contributed by atoms with E-state index in [1.54, 1.807) is 6.08 Å². The summed E-state index contributed by atoms with van der Waals surface area (Å²) in [7, 11) is 1.25. The van der Waals surface area contributed by atoms with Gasteiger partial charge in [0.1, 0.15) is 13.2 Å². The number of allylic oxidation sites excluding steroid dienone is 5. The van der Waals surface area contributed by atoms with E-state index >= 15 is 0 Å². The third kappa shape index (κ3) is 50.4. The molecular formula is C56H109N2O6P. The molecule has 2 N–H and O–H groups in total. The van der Waals surface area contributed by atoms with Gasteiger partial charge in [-0.2, -0.15) is 0 Å². The van der Waals surface area contributed by atoms with Gasteiger partial charge in [-0.1, -0.05) is 237 Å². The summed E-state index contributed by atoms with van der Waals surface area (Å²) >= 11 is 0. The molecule has 0 aromatic heterocycles. The van der Waals surface area contributed by atoms with Crippen LogP contribution in [0.2, 0.25) is 0 Å². The van der Waals surface area contributed by atoms with E-state index in [0.29, 0.717) is 17.4 Å². The fourth-order valence-electron chi connectivity index (χ4n) is 8.17. The Balaban J connectivity index is 4.30. The summed E-state index contributed by atoms with van der Waals surface area (Å²) in [6.07, 6.45) is 60.7. The van der Waals surface area contributed by atoms with Crippen LogP contribution in [0.4, 0.5) is 0 Å². The van der Waals surface area contributed by atoms with Crippen LogP contribution < -0.4 is 10.2 Å². The second-order valence-electron chi connectivity index (χ2n) is 20.3. The molecule has 9 heteroatoms. The predicted octanol–water partition coefficient (Wildman–Crippen LogP) is 16.0. The summed E-state index contributed by atoms with van der Waals surface area (Å²) in [4.78, 5) is 25.5. The van der Waals surface area contributed by atoms with Crippen LogP contribution in [-0.4, -0.2) is 68.5 Å². The summed E-state index contributed by atoms with van der Waals surface area (Å²) < 4.78 is 23.3. The highest BCUT2D eigenvalue weighted by Crippen LogP contribution is 2.38. The number of amides is 1. The van der Waals surface area contributed by atoms with Gasteiger partial charge in [-0.05, 0) is 57.8 Å². The zero-order chi connectivity index (χ0) is 47.8. The molecule has 0 heterocycles. The highest BCUT2D eigenvalue weighted by Gasteiger charge is 2.23. The number of unbranched alkanes of at least 4 members (excludes halogenated alkanes) is 34. The van der Waals surface area contributed by atoms with E-state index < -0.39 is 26.6 Å². The lowest BCUT2D eigenvalue weighted by atomic mass is 10.0. The van der Waals surface area contributed by atoms with Crippen molar-refractivity contribution in [1.29, 1.82) is 0 Å². The maximum absolute atomic E-state index is 12.9. The van der Waals surface area contributed by atoms with Gasteiger partial charge in [-0.15, -0.1) is 0 Å². The van der Waals surface area contributed by atoms with E-state index in [0.717, 1.165) is 38.5 Å². The third-order valence-electron chi connectivity index (χ3n) is 12.6. The van der Waals surface area contributed by atoms with Crippen molar-refractivity contribution >= 4 is 13.7 Å². The predicted molar refractivity (Wildman–Crippen MR) is 279 cm³/mol. The first-order chi connectivity index (χ1) is 31.5. The average molecular weight is 937 g/mol. The van der Waals surface area contributed by atoms with Crippen molar-refractivity contribution in [2.75, 3.05) is 40.9 Å². The number of carbonyl (C=O) groups is 1. The Labute approximate surface area is 404 Å². The quantitative estimate of drug-likeness (QED) is 0.0272. The van der Waals surface area contributed by atoms with Gasteiger partial charge in [0.15, 0.2) is 0 Å². The van der Waals surface area contributed by atoms with E-state index in [2.05, 4.69) is 43.5 Å². The van der Waals surface area contributed by atoms with E-state index in [1.807, 2.05) is 27.2 Å². The molecule has 0 radical (unpaired) electrons. The highest BCUT2D eigenvalue weighted by molar-refractivity contribution is 7.45. The van der Waals surface area contributed by atoms with Crippen molar-refractivity contribution in [1.82, 2.24) is 5.32 Å². The number of rotatable bonds is 51. The van der Waals surface area contributed by atoms with Gasteiger partial charge in [0.05, 0.1) is 39.9 Å². The van der Waals surface area contributed by atoms with Crippen LogP contribution in [0, 0.1) is 0 Å². The lowest BCUT2D eigenvalue weighted by Crippen LogP contribution is -2.45. The van der Waals surface area contributed by atoms with Crippen molar-refractivity contribution < 1.29 is 32.9 Å². The van der Waals surface area contributed by atoms with Crippen LogP contribution in [0.5, 0.6) is 0 Å². The van der Waals surface area contributed by atoms with Crippen LogP contribution in [0.25, 0.3) is 0 Å². The summed E-state index contributed by atoms with van der Waals surface area (Å²) in [5, 5.41) is 13.9. The van der Waals surface area contributed by atoms with Crippen LogP contribution >= 0.6 is 7.82 Å². The molecule has 384 valence electrons. The van der Waals surface area contributed by atoms with Gasteiger partial charge in [-0.3, -0.25) is 9.36 Å². The van der Waals surface area contributed by atoms with Crippen LogP contribution in [0.3, 0.4) is 0 Å². The van der Waals surface area contributed by atoms with E-state index in [-0.39, 0.29) is 12.5 Å². The van der Waals surface area contributed by atoms with E-state index in [9.17, 15) is 19.4 Å². The molecular weight excluding hydrogens is 828 g/mol. The zero-order valence-electron chi connectivity index (χ0n) is 43.7. The second kappa shape index (κ2) is 47.8. The molecule has 3 atom stereocenters. The van der Waals surface area contributed by atoms with Gasteiger partial charge in [-0.25, -0.2) is 0 Å². The average Bonchev–Trinajstić information content (AvgIpc) is 3.26. The first-order valence-electron chi connectivity index (χ1n) is 27.9. The van der Waals surface area contributed by atoms with Crippen molar-refractivity contribution in [3.05, 3.63) is 36.5 Å². The number of phosphoric acid groups is 1. The molecule has 0 aromatic rings. The number of nitrogens with one attached hydrogen (secondary N) is 1. The van der Waals surface area contributed by atoms with Crippen LogP contribution in [-0.2, 0) is 18.4 Å². The molecule has 0 rings (SSSR count). The molecule has 0 fully saturated rings. The summed E-state index contributed by atoms with van der Waals surface area (Å²) in [6.45, 7) is 4.66. The Kier molecular flexibility index (Phi) is 46.8. The molecule has 0 aliphatic carbocycles. The molecule has 1 amide bonds. The van der Waals surface area contributed by atoms with Crippen molar-refractivity contribution in [2.24, 2.45) is 0 Å². The lowest BCUT2D eigenvalue weighted by Gasteiger charge is -2.29. The van der Waals surface area contributed by atoms with Gasteiger partial charge < -0.3 is 28.8 Å². The van der Waals surface area contributed by atoms with Crippen LogP contribution in [0.1, 0.15) is 264 Å². The van der Waals surface area contributed by atoms with E-state index in [4.69, 9.17) is 9.05 Å². The Morgan fingerprint density at radius 1 is 0.523 bits per heavy atom. The Hall–Kier alpha value is -1.28. The molecule has 0 aliphatic rings. The van der Waals surface area contributed by atoms with E-state index in [1.165, 1.54) is 205 Å². The standard InChI is InChI=1S/C56H109N2O6P/c1-6-8-10-12-14-16-18-20-22-24-26-28-30-31-33-35-37-39-41-43-45-47-49-55(59)54(53-64-65(61,62)63-52-51-58(3,4)5)57-56(60)50-48-46-44-42-40-38-36-34-32-29-27-25-23-21-19-17-15-13-11-9-7-2/h29,32,39,41,47,49,54-55,59H,6-28,30-31,33-38,40,42-46,48,50-53H2,1-5H3,(H-,57,60,61,62)/b32-29-,41-39+,49-47+. The number of carbonyl (C=O) groups excluding carboxylic acids is 1. The minimum atomic E-state index is -4.60. The Morgan fingerprint density at radius 3 is 1.25 bits per heavy atom. The largest absolute Gasteiger partial charge is 0.756 e. The highest BCUT2D eigenvalue weighted by atomic mass is 31.2. The van der Waals surface area contributed by atoms with Crippen LogP contribution in [0.15, 0.2) is 36.5 Å². The summed E-state index contributed by atoms with van der Waals surface area (Å²) in [5.74, 6) is -0.209. The minimum absolute atomic E-state index is 0.00667. The molecule has 0 spiro atoms. The Morgan fingerprint density at radius 2 is 0.862 bits per heavy atom. The molecule has 0 aromatic carbocycles.